The number of carbonyl (C=O) groups is 1. The van der Waals surface area contributed by atoms with Crippen LogP contribution < -0.4 is 21.9 Å². The van der Waals surface area contributed by atoms with Gasteiger partial charge in [-0.15, -0.1) is 0 Å². The lowest BCUT2D eigenvalue weighted by Gasteiger charge is -2.20. The van der Waals surface area contributed by atoms with E-state index in [1.54, 1.807) is 6.92 Å². The molecule has 0 saturated heterocycles. The molecule has 7 heteroatoms. The molecular weight excluding hydrogens is 256 g/mol. The highest BCUT2D eigenvalue weighted by atomic mass is 16.1. The number of nitrogens with zero attached hydrogens (tertiary/aromatic N) is 2. The van der Waals surface area contributed by atoms with Gasteiger partial charge in [0.15, 0.2) is 0 Å². The maximum Gasteiger partial charge on any atom is 0.222 e. The molecule has 0 bridgehead atoms. The third-order valence-corrected chi connectivity index (χ3v) is 2.55. The summed E-state index contributed by atoms with van der Waals surface area (Å²) in [5.41, 5.74) is 3.15. The topological polar surface area (TPSA) is 105 Å². The van der Waals surface area contributed by atoms with E-state index in [2.05, 4.69) is 26.0 Å². The summed E-state index contributed by atoms with van der Waals surface area (Å²) in [6.07, 6.45) is 0.380. The fraction of sp³-hybridized carbons (Fsp3) is 0.615. The monoisotopic (exact) mass is 280 g/mol. The molecule has 0 atom stereocenters. The van der Waals surface area contributed by atoms with Gasteiger partial charge in [0.25, 0.3) is 0 Å². The number of aromatic nitrogens is 2. The minimum absolute atomic E-state index is 0.00519. The summed E-state index contributed by atoms with van der Waals surface area (Å²) in [5.74, 6) is 7.30. The number of aryl methyl sites for hydroxylation is 1. The number of hydrogen-bond acceptors (Lipinski definition) is 6. The molecule has 1 heterocycles. The molecule has 0 unspecified atom stereocenters. The Kier molecular flexibility index (Phi) is 5.26. The first-order chi connectivity index (χ1) is 9.23. The van der Waals surface area contributed by atoms with E-state index in [-0.39, 0.29) is 11.4 Å². The van der Waals surface area contributed by atoms with Crippen molar-refractivity contribution in [2.75, 3.05) is 17.3 Å². The fourth-order valence-corrected chi connectivity index (χ4v) is 1.72. The van der Waals surface area contributed by atoms with Gasteiger partial charge in [-0.3, -0.25) is 4.79 Å². The molecule has 0 spiro atoms. The van der Waals surface area contributed by atoms with Crippen molar-refractivity contribution in [3.8, 4) is 0 Å². The van der Waals surface area contributed by atoms with Gasteiger partial charge in [-0.2, -0.15) is 0 Å². The van der Waals surface area contributed by atoms with E-state index in [9.17, 15) is 4.79 Å². The largest absolute Gasteiger partial charge is 0.369 e. The predicted molar refractivity (Wildman–Crippen MR) is 80.3 cm³/mol. The van der Waals surface area contributed by atoms with Crippen molar-refractivity contribution in [3.05, 3.63) is 11.4 Å². The molecule has 7 nitrogen and oxygen atoms in total. The van der Waals surface area contributed by atoms with E-state index in [0.717, 1.165) is 5.56 Å². The molecule has 1 aromatic rings. The number of nitrogens with two attached hydrogens (primary N) is 1. The highest BCUT2D eigenvalue weighted by Crippen LogP contribution is 2.18. The highest BCUT2D eigenvalue weighted by molar-refractivity contribution is 5.77. The van der Waals surface area contributed by atoms with Gasteiger partial charge in [0.1, 0.15) is 17.5 Å². The molecule has 1 rings (SSSR count). The first-order valence-corrected chi connectivity index (χ1v) is 6.59. The summed E-state index contributed by atoms with van der Waals surface area (Å²) in [7, 11) is 0. The van der Waals surface area contributed by atoms with E-state index in [1.807, 2.05) is 27.7 Å². The minimum Gasteiger partial charge on any atom is -0.369 e. The standard InChI is InChI=1S/C13H24N6O/c1-8-11(16-9(2)17-12(8)19-14)15-7-6-10(20)18-13(3,4)5/h6-7,14H2,1-5H3,(H,18,20)(H2,15,16,17,19). The summed E-state index contributed by atoms with van der Waals surface area (Å²) in [6, 6.07) is 0. The van der Waals surface area contributed by atoms with E-state index < -0.39 is 0 Å². The average Bonchev–Trinajstić information content (AvgIpc) is 2.30. The second-order valence-electron chi connectivity index (χ2n) is 5.71. The summed E-state index contributed by atoms with van der Waals surface area (Å²) >= 11 is 0. The normalized spacial score (nSPS) is 11.1. The van der Waals surface area contributed by atoms with E-state index in [1.165, 1.54) is 0 Å². The molecule has 112 valence electrons. The Morgan fingerprint density at radius 2 is 1.80 bits per heavy atom. The van der Waals surface area contributed by atoms with Crippen LogP contribution in [0.4, 0.5) is 11.6 Å². The molecule has 0 aliphatic heterocycles. The van der Waals surface area contributed by atoms with Crippen LogP contribution in [0, 0.1) is 13.8 Å². The maximum atomic E-state index is 11.7. The zero-order valence-electron chi connectivity index (χ0n) is 12.8. The minimum atomic E-state index is -0.213. The molecule has 0 aliphatic rings. The van der Waals surface area contributed by atoms with Crippen molar-refractivity contribution in [1.82, 2.24) is 15.3 Å². The lowest BCUT2D eigenvalue weighted by molar-refractivity contribution is -0.122. The summed E-state index contributed by atoms with van der Waals surface area (Å²) in [4.78, 5) is 20.2. The van der Waals surface area contributed by atoms with Crippen molar-refractivity contribution < 1.29 is 4.79 Å². The van der Waals surface area contributed by atoms with Crippen LogP contribution >= 0.6 is 0 Å². The molecule has 1 amide bonds. The first-order valence-electron chi connectivity index (χ1n) is 6.59. The number of rotatable bonds is 5. The van der Waals surface area contributed by atoms with Crippen LogP contribution in [0.2, 0.25) is 0 Å². The van der Waals surface area contributed by atoms with Gasteiger partial charge < -0.3 is 16.1 Å². The van der Waals surface area contributed by atoms with Gasteiger partial charge >= 0.3 is 0 Å². The summed E-state index contributed by atoms with van der Waals surface area (Å²) < 4.78 is 0. The van der Waals surface area contributed by atoms with Crippen molar-refractivity contribution >= 4 is 17.5 Å². The van der Waals surface area contributed by atoms with Crippen LogP contribution in [0.15, 0.2) is 0 Å². The van der Waals surface area contributed by atoms with E-state index in [0.29, 0.717) is 30.4 Å². The number of nitrogens with one attached hydrogen (secondary N) is 3. The zero-order chi connectivity index (χ0) is 15.3. The molecule has 1 aromatic heterocycles. The molecular formula is C13H24N6O. The SMILES string of the molecule is Cc1nc(NN)c(C)c(NCCC(=O)NC(C)(C)C)n1. The third kappa shape index (κ3) is 5.00. The van der Waals surface area contributed by atoms with Crippen LogP contribution in [0.25, 0.3) is 0 Å². The van der Waals surface area contributed by atoms with Gasteiger partial charge in [-0.25, -0.2) is 15.8 Å². The Morgan fingerprint density at radius 1 is 1.20 bits per heavy atom. The lowest BCUT2D eigenvalue weighted by Crippen LogP contribution is -2.41. The smallest absolute Gasteiger partial charge is 0.222 e. The van der Waals surface area contributed by atoms with Crippen molar-refractivity contribution in [1.29, 1.82) is 0 Å². The lowest BCUT2D eigenvalue weighted by atomic mass is 10.1. The number of hydrazine groups is 1. The molecule has 5 N–H and O–H groups in total. The number of carbonyl (C=O) groups excluding carboxylic acids is 1. The van der Waals surface area contributed by atoms with Crippen LogP contribution in [-0.2, 0) is 4.79 Å². The highest BCUT2D eigenvalue weighted by Gasteiger charge is 2.13. The molecule has 20 heavy (non-hydrogen) atoms. The van der Waals surface area contributed by atoms with Gasteiger partial charge in [0, 0.05) is 24.1 Å². The maximum absolute atomic E-state index is 11.7. The molecule has 0 aromatic carbocycles. The van der Waals surface area contributed by atoms with Crippen molar-refractivity contribution in [3.63, 3.8) is 0 Å². The molecule has 0 radical (unpaired) electrons. The molecule has 0 saturated carbocycles. The number of amides is 1. The van der Waals surface area contributed by atoms with Gasteiger partial charge in [-0.05, 0) is 34.6 Å². The van der Waals surface area contributed by atoms with Gasteiger partial charge in [0.2, 0.25) is 5.91 Å². The Labute approximate surface area is 119 Å². The van der Waals surface area contributed by atoms with Crippen LogP contribution in [0.1, 0.15) is 38.6 Å². The average molecular weight is 280 g/mol. The second kappa shape index (κ2) is 6.51. The first kappa shape index (κ1) is 16.2. The fourth-order valence-electron chi connectivity index (χ4n) is 1.72. The predicted octanol–water partition coefficient (Wildman–Crippen LogP) is 1.10. The Balaban J connectivity index is 2.58. The van der Waals surface area contributed by atoms with Gasteiger partial charge in [-0.1, -0.05) is 0 Å². The number of hydrogen-bond donors (Lipinski definition) is 4. The molecule has 0 fully saturated rings. The summed E-state index contributed by atoms with van der Waals surface area (Å²) in [5, 5.41) is 6.05. The van der Waals surface area contributed by atoms with Crippen molar-refractivity contribution in [2.24, 2.45) is 5.84 Å². The zero-order valence-corrected chi connectivity index (χ0v) is 12.8. The van der Waals surface area contributed by atoms with Crippen LogP contribution in [-0.4, -0.2) is 28.0 Å². The van der Waals surface area contributed by atoms with Crippen LogP contribution in [0.3, 0.4) is 0 Å². The second-order valence-corrected chi connectivity index (χ2v) is 5.71. The Hall–Kier alpha value is -1.89. The number of anilines is 2. The molecule has 0 aliphatic carbocycles. The van der Waals surface area contributed by atoms with Gasteiger partial charge in [0.05, 0.1) is 0 Å². The Morgan fingerprint density at radius 3 is 2.35 bits per heavy atom. The van der Waals surface area contributed by atoms with Crippen LogP contribution in [0.5, 0.6) is 0 Å². The quantitative estimate of drug-likeness (QED) is 0.475. The third-order valence-electron chi connectivity index (χ3n) is 2.55. The van der Waals surface area contributed by atoms with Crippen molar-refractivity contribution in [2.45, 2.75) is 46.6 Å². The summed E-state index contributed by atoms with van der Waals surface area (Å²) in [6.45, 7) is 10.0. The van der Waals surface area contributed by atoms with E-state index >= 15 is 0 Å². The van der Waals surface area contributed by atoms with E-state index in [4.69, 9.17) is 5.84 Å². The number of nitrogen functional groups attached to an aromatic ring is 1. The Bertz CT molecular complexity index is 480.